The molecule has 0 aromatic rings. The van der Waals surface area contributed by atoms with Crippen molar-refractivity contribution in [1.82, 2.24) is 0 Å². The summed E-state index contributed by atoms with van der Waals surface area (Å²) in [6, 6.07) is 0. The van der Waals surface area contributed by atoms with E-state index >= 15 is 0 Å². The minimum Gasteiger partial charge on any atom is -0.462 e. The van der Waals surface area contributed by atoms with Crippen molar-refractivity contribution in [3.8, 4) is 0 Å². The maximum Gasteiger partial charge on any atom is 0.306 e. The summed E-state index contributed by atoms with van der Waals surface area (Å²) in [5.74, 6) is -0.850. The number of hydrogen-bond acceptors (Lipinski definition) is 6. The molecular formula is C70H130O6. The minimum atomic E-state index is -0.771. The Hall–Kier alpha value is -2.37. The highest BCUT2D eigenvalue weighted by atomic mass is 16.6. The Kier molecular flexibility index (Phi) is 63.1. The molecule has 6 nitrogen and oxygen atoms in total. The van der Waals surface area contributed by atoms with Gasteiger partial charge in [0.2, 0.25) is 0 Å². The van der Waals surface area contributed by atoms with Crippen LogP contribution in [0.15, 0.2) is 36.5 Å². The Balaban J connectivity index is 4.16. The Morgan fingerprint density at radius 1 is 0.263 bits per heavy atom. The molecular weight excluding hydrogens is 937 g/mol. The van der Waals surface area contributed by atoms with Crippen LogP contribution in [-0.4, -0.2) is 37.2 Å². The Bertz CT molecular complexity index is 1270. The summed E-state index contributed by atoms with van der Waals surface area (Å²) in [7, 11) is 0. The molecule has 0 heterocycles. The molecule has 0 fully saturated rings. The van der Waals surface area contributed by atoms with E-state index < -0.39 is 6.10 Å². The first kappa shape index (κ1) is 73.6. The van der Waals surface area contributed by atoms with Crippen LogP contribution in [0.5, 0.6) is 0 Å². The lowest BCUT2D eigenvalue weighted by atomic mass is 10.0. The third-order valence-electron chi connectivity index (χ3n) is 15.4. The van der Waals surface area contributed by atoms with Crippen molar-refractivity contribution in [2.24, 2.45) is 0 Å². The van der Waals surface area contributed by atoms with Gasteiger partial charge in [0.05, 0.1) is 0 Å². The quantitative estimate of drug-likeness (QED) is 0.0261. The number of ether oxygens (including phenoxy) is 3. The van der Waals surface area contributed by atoms with Crippen molar-refractivity contribution in [1.29, 1.82) is 0 Å². The molecule has 76 heavy (non-hydrogen) atoms. The molecule has 0 amide bonds. The number of carbonyl (C=O) groups is 3. The van der Waals surface area contributed by atoms with Gasteiger partial charge in [0.1, 0.15) is 13.2 Å². The zero-order valence-corrected chi connectivity index (χ0v) is 51.3. The molecule has 0 saturated heterocycles. The molecule has 0 N–H and O–H groups in total. The number of rotatable bonds is 63. The lowest BCUT2D eigenvalue weighted by Crippen LogP contribution is -2.30. The zero-order valence-electron chi connectivity index (χ0n) is 51.3. The van der Waals surface area contributed by atoms with Crippen LogP contribution < -0.4 is 0 Å². The lowest BCUT2D eigenvalue weighted by Gasteiger charge is -2.18. The van der Waals surface area contributed by atoms with E-state index in [4.69, 9.17) is 14.2 Å². The molecule has 0 aromatic carbocycles. The average Bonchev–Trinajstić information content (AvgIpc) is 3.42. The summed E-state index contributed by atoms with van der Waals surface area (Å²) in [5, 5.41) is 0. The molecule has 6 heteroatoms. The molecule has 0 aromatic heterocycles. The van der Waals surface area contributed by atoms with Crippen molar-refractivity contribution >= 4 is 17.9 Å². The van der Waals surface area contributed by atoms with Gasteiger partial charge in [0.25, 0.3) is 0 Å². The summed E-state index contributed by atoms with van der Waals surface area (Å²) < 4.78 is 16.9. The maximum atomic E-state index is 12.9. The fraction of sp³-hybridized carbons (Fsp3) is 0.871. The molecule has 0 bridgehead atoms. The molecule has 0 aliphatic rings. The van der Waals surface area contributed by atoms with E-state index in [9.17, 15) is 14.4 Å². The summed E-state index contributed by atoms with van der Waals surface area (Å²) in [4.78, 5) is 38.3. The summed E-state index contributed by atoms with van der Waals surface area (Å²) in [6.07, 6.45) is 80.3. The fourth-order valence-electron chi connectivity index (χ4n) is 10.2. The van der Waals surface area contributed by atoms with Crippen molar-refractivity contribution < 1.29 is 28.6 Å². The molecule has 0 aliphatic carbocycles. The first-order valence-electron chi connectivity index (χ1n) is 34.0. The standard InChI is InChI=1S/C70H130O6/c1-4-7-10-13-16-19-22-24-26-28-30-32-33-34-35-36-37-39-40-42-44-46-48-51-54-57-60-63-69(72)75-66-67(65-74-68(71)62-59-56-53-50-21-18-15-12-9-6-3)76-70(73)64-61-58-55-52-49-47-45-43-41-38-31-29-27-25-23-20-17-14-11-8-5-2/h23,25,28-31,67H,4-22,24,26-27,32-66H2,1-3H3/b25-23-,30-28-,31-29-. The monoisotopic (exact) mass is 1070 g/mol. The van der Waals surface area contributed by atoms with Gasteiger partial charge in [-0.2, -0.15) is 0 Å². The highest BCUT2D eigenvalue weighted by molar-refractivity contribution is 5.71. The Labute approximate surface area is 474 Å². The van der Waals surface area contributed by atoms with Crippen LogP contribution in [-0.2, 0) is 28.6 Å². The molecule has 0 radical (unpaired) electrons. The first-order chi connectivity index (χ1) is 37.5. The van der Waals surface area contributed by atoms with Crippen molar-refractivity contribution in [3.63, 3.8) is 0 Å². The van der Waals surface area contributed by atoms with Gasteiger partial charge < -0.3 is 14.2 Å². The van der Waals surface area contributed by atoms with E-state index in [2.05, 4.69) is 57.2 Å². The third kappa shape index (κ3) is 62.5. The van der Waals surface area contributed by atoms with E-state index in [-0.39, 0.29) is 31.1 Å². The van der Waals surface area contributed by atoms with Gasteiger partial charge in [-0.3, -0.25) is 14.4 Å². The van der Waals surface area contributed by atoms with Gasteiger partial charge in [0.15, 0.2) is 6.10 Å². The van der Waals surface area contributed by atoms with E-state index in [1.165, 1.54) is 270 Å². The lowest BCUT2D eigenvalue weighted by molar-refractivity contribution is -0.167. The zero-order chi connectivity index (χ0) is 55.0. The molecule has 0 saturated carbocycles. The van der Waals surface area contributed by atoms with Crippen molar-refractivity contribution in [3.05, 3.63) is 36.5 Å². The predicted octanol–water partition coefficient (Wildman–Crippen LogP) is 23.2. The van der Waals surface area contributed by atoms with Crippen LogP contribution in [0.3, 0.4) is 0 Å². The highest BCUT2D eigenvalue weighted by Crippen LogP contribution is 2.18. The molecule has 0 spiro atoms. The average molecular weight is 1070 g/mol. The van der Waals surface area contributed by atoms with E-state index in [1.807, 2.05) is 0 Å². The Morgan fingerprint density at radius 2 is 0.474 bits per heavy atom. The minimum absolute atomic E-state index is 0.0691. The number of esters is 3. The Morgan fingerprint density at radius 3 is 0.737 bits per heavy atom. The van der Waals surface area contributed by atoms with Crippen molar-refractivity contribution in [2.75, 3.05) is 13.2 Å². The number of hydrogen-bond donors (Lipinski definition) is 0. The summed E-state index contributed by atoms with van der Waals surface area (Å²) in [5.41, 5.74) is 0. The smallest absolute Gasteiger partial charge is 0.306 e. The largest absolute Gasteiger partial charge is 0.462 e. The van der Waals surface area contributed by atoms with Gasteiger partial charge >= 0.3 is 17.9 Å². The summed E-state index contributed by atoms with van der Waals surface area (Å²) in [6.45, 7) is 6.67. The van der Waals surface area contributed by atoms with Crippen LogP contribution in [0, 0.1) is 0 Å². The molecule has 1 unspecified atom stereocenters. The van der Waals surface area contributed by atoms with Gasteiger partial charge in [0, 0.05) is 19.3 Å². The predicted molar refractivity (Wildman–Crippen MR) is 330 cm³/mol. The van der Waals surface area contributed by atoms with E-state index in [0.29, 0.717) is 19.3 Å². The van der Waals surface area contributed by atoms with E-state index in [1.54, 1.807) is 0 Å². The normalized spacial score (nSPS) is 12.2. The number of unbranched alkanes of at least 4 members (excludes halogenated alkanes) is 46. The molecule has 0 rings (SSSR count). The number of allylic oxidation sites excluding steroid dienone is 6. The molecule has 446 valence electrons. The fourth-order valence-corrected chi connectivity index (χ4v) is 10.2. The van der Waals surface area contributed by atoms with Crippen LogP contribution in [0.25, 0.3) is 0 Å². The van der Waals surface area contributed by atoms with E-state index in [0.717, 1.165) is 64.2 Å². The molecule has 0 aliphatic heterocycles. The van der Waals surface area contributed by atoms with Gasteiger partial charge in [-0.25, -0.2) is 0 Å². The van der Waals surface area contributed by atoms with Gasteiger partial charge in [-0.05, 0) is 77.0 Å². The van der Waals surface area contributed by atoms with Crippen LogP contribution >= 0.6 is 0 Å². The molecule has 1 atom stereocenters. The number of carbonyl (C=O) groups excluding carboxylic acids is 3. The van der Waals surface area contributed by atoms with Crippen LogP contribution in [0.1, 0.15) is 374 Å². The SMILES string of the molecule is CCCCCCC/C=C\C/C=C\CCCCCCCCCCCC(=O)OC(COC(=O)CCCCCCCCCCCC)COC(=O)CCCCCCCCCCCCCCCCC/C=C\CCCCCCCCCC. The maximum absolute atomic E-state index is 12.9. The second-order valence-corrected chi connectivity index (χ2v) is 23.1. The second kappa shape index (κ2) is 65.2. The van der Waals surface area contributed by atoms with Gasteiger partial charge in [-0.15, -0.1) is 0 Å². The van der Waals surface area contributed by atoms with Crippen molar-refractivity contribution in [2.45, 2.75) is 380 Å². The van der Waals surface area contributed by atoms with Crippen LogP contribution in [0.4, 0.5) is 0 Å². The topological polar surface area (TPSA) is 78.9 Å². The first-order valence-corrected chi connectivity index (χ1v) is 34.0. The van der Waals surface area contributed by atoms with Crippen LogP contribution in [0.2, 0.25) is 0 Å². The van der Waals surface area contributed by atoms with Gasteiger partial charge in [-0.1, -0.05) is 314 Å². The third-order valence-corrected chi connectivity index (χ3v) is 15.4. The highest BCUT2D eigenvalue weighted by Gasteiger charge is 2.19. The summed E-state index contributed by atoms with van der Waals surface area (Å²) >= 11 is 0. The second-order valence-electron chi connectivity index (χ2n) is 23.1.